The molecule has 5 nitrogen and oxygen atoms in total. The average molecular weight is 566 g/mol. The SMILES string of the molecule is CC(C)(C)c1nc(Cl)c(C#N)cc1Br.CC(C)(C)c1nc(Cl)c(C(=O)O)cc1Br. The molecule has 0 radical (unpaired) electrons. The van der Waals surface area contributed by atoms with E-state index in [0.717, 1.165) is 15.9 Å². The van der Waals surface area contributed by atoms with Crippen molar-refractivity contribution in [3.8, 4) is 6.07 Å². The van der Waals surface area contributed by atoms with Crippen LogP contribution >= 0.6 is 55.1 Å². The summed E-state index contributed by atoms with van der Waals surface area (Å²) in [5, 5.41) is 17.9. The van der Waals surface area contributed by atoms with Gasteiger partial charge in [0.25, 0.3) is 0 Å². The van der Waals surface area contributed by atoms with Crippen molar-refractivity contribution in [3.05, 3.63) is 53.9 Å². The van der Waals surface area contributed by atoms with Crippen molar-refractivity contribution < 1.29 is 9.90 Å². The lowest BCUT2D eigenvalue weighted by atomic mass is 9.91. The zero-order valence-electron chi connectivity index (χ0n) is 16.9. The van der Waals surface area contributed by atoms with E-state index >= 15 is 0 Å². The largest absolute Gasteiger partial charge is 0.478 e. The second-order valence-electron chi connectivity index (χ2n) is 8.23. The fraction of sp³-hybridized carbons (Fsp3) is 0.400. The van der Waals surface area contributed by atoms with Crippen molar-refractivity contribution in [3.63, 3.8) is 0 Å². The summed E-state index contributed by atoms with van der Waals surface area (Å²) in [6.07, 6.45) is 0. The van der Waals surface area contributed by atoms with Crippen LogP contribution in [0.25, 0.3) is 0 Å². The highest BCUT2D eigenvalue weighted by molar-refractivity contribution is 9.10. The van der Waals surface area contributed by atoms with Gasteiger partial charge < -0.3 is 5.11 Å². The van der Waals surface area contributed by atoms with Gasteiger partial charge >= 0.3 is 5.97 Å². The smallest absolute Gasteiger partial charge is 0.338 e. The molecule has 0 aliphatic carbocycles. The fourth-order valence-corrected chi connectivity index (χ4v) is 4.44. The van der Waals surface area contributed by atoms with Gasteiger partial charge in [0.05, 0.1) is 22.5 Å². The zero-order chi connectivity index (χ0) is 22.7. The van der Waals surface area contributed by atoms with Gasteiger partial charge in [0, 0.05) is 19.8 Å². The Morgan fingerprint density at radius 1 is 0.966 bits per heavy atom. The molecule has 0 atom stereocenters. The van der Waals surface area contributed by atoms with Gasteiger partial charge in [0.1, 0.15) is 16.4 Å². The Balaban J connectivity index is 0.000000291. The normalized spacial score (nSPS) is 11.3. The van der Waals surface area contributed by atoms with E-state index < -0.39 is 5.97 Å². The molecule has 0 aromatic carbocycles. The minimum Gasteiger partial charge on any atom is -0.478 e. The highest BCUT2D eigenvalue weighted by atomic mass is 79.9. The van der Waals surface area contributed by atoms with E-state index in [1.165, 1.54) is 6.07 Å². The third-order valence-corrected chi connectivity index (χ3v) is 5.42. The van der Waals surface area contributed by atoms with Crippen molar-refractivity contribution in [2.45, 2.75) is 52.4 Å². The topological polar surface area (TPSA) is 86.9 Å². The maximum Gasteiger partial charge on any atom is 0.338 e. The lowest BCUT2D eigenvalue weighted by molar-refractivity contribution is 0.0696. The number of carbonyl (C=O) groups is 1. The number of halogens is 4. The van der Waals surface area contributed by atoms with Crippen molar-refractivity contribution in [2.24, 2.45) is 0 Å². The van der Waals surface area contributed by atoms with Crippen LogP contribution in [0, 0.1) is 11.3 Å². The predicted octanol–water partition coefficient (Wildman–Crippen LogP) is 7.16. The molecule has 156 valence electrons. The summed E-state index contributed by atoms with van der Waals surface area (Å²) in [4.78, 5) is 19.1. The molecule has 1 N–H and O–H groups in total. The number of aromatic nitrogens is 2. The van der Waals surface area contributed by atoms with Crippen molar-refractivity contribution in [2.75, 3.05) is 0 Å². The molecule has 9 heteroatoms. The van der Waals surface area contributed by atoms with E-state index in [9.17, 15) is 4.79 Å². The molecule has 0 saturated carbocycles. The quantitative estimate of drug-likeness (QED) is 0.371. The standard InChI is InChI=1S/C10H10BrClN2.C10H11BrClNO2/c1-10(2,3)8-7(11)4-6(5-13)9(12)14-8;1-10(2,3)7-6(11)4-5(9(14)15)8(12)13-7/h4H,1-3H3;4H,1-3H3,(H,14,15). The summed E-state index contributed by atoms with van der Waals surface area (Å²) >= 11 is 18.3. The molecule has 0 aliphatic heterocycles. The van der Waals surface area contributed by atoms with Crippen LogP contribution in [0.5, 0.6) is 0 Å². The number of carboxylic acids is 1. The van der Waals surface area contributed by atoms with Crippen molar-refractivity contribution in [1.29, 1.82) is 5.26 Å². The number of nitrogens with zero attached hydrogens (tertiary/aromatic N) is 3. The number of aromatic carboxylic acids is 1. The molecule has 2 aromatic rings. The van der Waals surface area contributed by atoms with Gasteiger partial charge in [-0.25, -0.2) is 14.8 Å². The van der Waals surface area contributed by atoms with E-state index in [1.807, 2.05) is 47.6 Å². The van der Waals surface area contributed by atoms with E-state index in [1.54, 1.807) is 6.07 Å². The third-order valence-electron chi connectivity index (χ3n) is 3.63. The monoisotopic (exact) mass is 563 g/mol. The Labute approximate surface area is 197 Å². The molecule has 0 unspecified atom stereocenters. The first-order valence-electron chi connectivity index (χ1n) is 8.46. The van der Waals surface area contributed by atoms with Gasteiger partial charge in [0.15, 0.2) is 0 Å². The van der Waals surface area contributed by atoms with Gasteiger partial charge in [0.2, 0.25) is 0 Å². The molecule has 0 fully saturated rings. The van der Waals surface area contributed by atoms with Crippen molar-refractivity contribution in [1.82, 2.24) is 9.97 Å². The number of hydrogen-bond acceptors (Lipinski definition) is 4. The van der Waals surface area contributed by atoms with Gasteiger partial charge in [-0.15, -0.1) is 0 Å². The van der Waals surface area contributed by atoms with Crippen LogP contribution in [0.2, 0.25) is 10.3 Å². The minimum atomic E-state index is -1.08. The number of rotatable bonds is 1. The van der Waals surface area contributed by atoms with Crippen LogP contribution in [0.4, 0.5) is 0 Å². The van der Waals surface area contributed by atoms with Crippen LogP contribution in [-0.4, -0.2) is 21.0 Å². The van der Waals surface area contributed by atoms with Gasteiger partial charge in [-0.05, 0) is 44.0 Å². The van der Waals surface area contributed by atoms with Crippen LogP contribution in [0.3, 0.4) is 0 Å². The Hall–Kier alpha value is -1.20. The van der Waals surface area contributed by atoms with E-state index in [0.29, 0.717) is 10.0 Å². The molecule has 2 rings (SSSR count). The first-order chi connectivity index (χ1) is 13.1. The van der Waals surface area contributed by atoms with Crippen LogP contribution in [0.1, 0.15) is 68.9 Å². The minimum absolute atomic E-state index is 0.0107. The summed E-state index contributed by atoms with van der Waals surface area (Å²) in [5.41, 5.74) is 1.75. The maximum absolute atomic E-state index is 10.8. The number of carboxylic acid groups (broad SMARTS) is 1. The molecule has 2 heterocycles. The molecule has 0 bridgehead atoms. The lowest BCUT2D eigenvalue weighted by Crippen LogP contribution is -2.16. The van der Waals surface area contributed by atoms with Gasteiger partial charge in [-0.3, -0.25) is 0 Å². The second-order valence-corrected chi connectivity index (χ2v) is 10.7. The Bertz CT molecular complexity index is 976. The molecular weight excluding hydrogens is 545 g/mol. The van der Waals surface area contributed by atoms with Crippen LogP contribution in [0.15, 0.2) is 21.1 Å². The molecular formula is C20H21Br2Cl2N3O2. The summed E-state index contributed by atoms with van der Waals surface area (Å²) in [7, 11) is 0. The number of hydrogen-bond donors (Lipinski definition) is 1. The Morgan fingerprint density at radius 2 is 1.38 bits per heavy atom. The highest BCUT2D eigenvalue weighted by Crippen LogP contribution is 2.32. The molecule has 0 amide bonds. The molecule has 0 aliphatic rings. The summed E-state index contributed by atoms with van der Waals surface area (Å²) in [6.45, 7) is 12.1. The summed E-state index contributed by atoms with van der Waals surface area (Å²) < 4.78 is 1.49. The first kappa shape index (κ1) is 25.8. The van der Waals surface area contributed by atoms with Crippen LogP contribution in [-0.2, 0) is 10.8 Å². The predicted molar refractivity (Wildman–Crippen MR) is 123 cm³/mol. The lowest BCUT2D eigenvalue weighted by Gasteiger charge is -2.20. The van der Waals surface area contributed by atoms with Crippen LogP contribution < -0.4 is 0 Å². The third kappa shape index (κ3) is 6.92. The highest BCUT2D eigenvalue weighted by Gasteiger charge is 2.23. The Kier molecular flexibility index (Phi) is 8.68. The van der Waals surface area contributed by atoms with Gasteiger partial charge in [-0.2, -0.15) is 5.26 Å². The fourth-order valence-electron chi connectivity index (χ4n) is 2.21. The molecule has 0 spiro atoms. The molecule has 2 aromatic heterocycles. The second kappa shape index (κ2) is 9.74. The summed E-state index contributed by atoms with van der Waals surface area (Å²) in [6, 6.07) is 5.18. The van der Waals surface area contributed by atoms with E-state index in [4.69, 9.17) is 33.6 Å². The van der Waals surface area contributed by atoms with E-state index in [2.05, 4.69) is 41.8 Å². The number of nitriles is 1. The summed E-state index contributed by atoms with van der Waals surface area (Å²) in [5.74, 6) is -1.08. The number of pyridine rings is 2. The van der Waals surface area contributed by atoms with Crippen molar-refractivity contribution >= 4 is 61.0 Å². The zero-order valence-corrected chi connectivity index (χ0v) is 21.5. The van der Waals surface area contributed by atoms with Gasteiger partial charge in [-0.1, -0.05) is 64.7 Å². The van der Waals surface area contributed by atoms with E-state index in [-0.39, 0.29) is 26.7 Å². The average Bonchev–Trinajstić information content (AvgIpc) is 2.56. The maximum atomic E-state index is 10.8. The Morgan fingerprint density at radius 3 is 1.76 bits per heavy atom. The molecule has 0 saturated heterocycles. The molecule has 29 heavy (non-hydrogen) atoms. The first-order valence-corrected chi connectivity index (χ1v) is 10.8.